The quantitative estimate of drug-likeness (QED) is 0.678. The van der Waals surface area contributed by atoms with E-state index in [2.05, 4.69) is 10.6 Å². The molecule has 0 aromatic carbocycles. The van der Waals surface area contributed by atoms with Gasteiger partial charge in [0.05, 0.1) is 6.04 Å². The molecule has 2 aliphatic rings. The Bertz CT molecular complexity index is 353. The Kier molecular flexibility index (Phi) is 4.42. The molecule has 2 rings (SSSR count). The van der Waals surface area contributed by atoms with Crippen molar-refractivity contribution in [2.24, 2.45) is 5.92 Å². The van der Waals surface area contributed by atoms with Crippen LogP contribution in [0.2, 0.25) is 0 Å². The van der Waals surface area contributed by atoms with E-state index in [9.17, 15) is 14.7 Å². The Morgan fingerprint density at radius 1 is 1.37 bits per heavy atom. The minimum Gasteiger partial charge on any atom is -0.480 e. The lowest BCUT2D eigenvalue weighted by atomic mass is 9.87. The fourth-order valence-electron chi connectivity index (χ4n) is 2.83. The predicted octanol–water partition coefficient (Wildman–Crippen LogP) is 0.125. The topological polar surface area (TPSA) is 87.7 Å². The highest BCUT2D eigenvalue weighted by atomic mass is 16.5. The smallest absolute Gasteiger partial charge is 0.329 e. The van der Waals surface area contributed by atoms with Gasteiger partial charge in [0, 0.05) is 26.1 Å². The van der Waals surface area contributed by atoms with Gasteiger partial charge in [0.25, 0.3) is 0 Å². The van der Waals surface area contributed by atoms with Crippen molar-refractivity contribution in [1.29, 1.82) is 0 Å². The number of piperidine rings is 1. The fourth-order valence-corrected chi connectivity index (χ4v) is 2.83. The molecule has 1 amide bonds. The summed E-state index contributed by atoms with van der Waals surface area (Å²) in [6.07, 6.45) is 2.71. The molecular weight excluding hydrogens is 248 g/mol. The van der Waals surface area contributed by atoms with Gasteiger partial charge in [-0.3, -0.25) is 4.79 Å². The van der Waals surface area contributed by atoms with Crippen LogP contribution in [0, 0.1) is 5.92 Å². The molecule has 108 valence electrons. The summed E-state index contributed by atoms with van der Waals surface area (Å²) in [5.74, 6) is -0.927. The molecule has 0 bridgehead atoms. The van der Waals surface area contributed by atoms with E-state index in [1.54, 1.807) is 0 Å². The average Bonchev–Trinajstić information content (AvgIpc) is 2.40. The Balaban J connectivity index is 2.04. The van der Waals surface area contributed by atoms with Crippen molar-refractivity contribution in [3.8, 4) is 0 Å². The lowest BCUT2D eigenvalue weighted by Crippen LogP contribution is -2.62. The van der Waals surface area contributed by atoms with Crippen molar-refractivity contribution >= 4 is 11.9 Å². The van der Waals surface area contributed by atoms with Crippen LogP contribution in [0.15, 0.2) is 0 Å². The lowest BCUT2D eigenvalue weighted by Gasteiger charge is -2.37. The van der Waals surface area contributed by atoms with Crippen LogP contribution in [0.5, 0.6) is 0 Å². The number of carboxylic acid groups (broad SMARTS) is 1. The second-order valence-corrected chi connectivity index (χ2v) is 5.54. The number of aliphatic carboxylic acids is 1. The molecule has 2 saturated heterocycles. The van der Waals surface area contributed by atoms with Crippen molar-refractivity contribution in [3.63, 3.8) is 0 Å². The minimum absolute atomic E-state index is 0.198. The van der Waals surface area contributed by atoms with E-state index in [1.165, 1.54) is 0 Å². The van der Waals surface area contributed by atoms with Crippen LogP contribution in [0.1, 0.15) is 32.6 Å². The van der Waals surface area contributed by atoms with Crippen LogP contribution in [0.25, 0.3) is 0 Å². The number of amides is 1. The van der Waals surface area contributed by atoms with Gasteiger partial charge >= 0.3 is 5.97 Å². The number of rotatable bonds is 3. The molecule has 6 nitrogen and oxygen atoms in total. The third-order valence-corrected chi connectivity index (χ3v) is 4.17. The molecule has 0 aromatic heterocycles. The van der Waals surface area contributed by atoms with Gasteiger partial charge in [0.15, 0.2) is 0 Å². The Labute approximate surface area is 112 Å². The molecule has 0 spiro atoms. The van der Waals surface area contributed by atoms with Gasteiger partial charge < -0.3 is 20.5 Å². The maximum atomic E-state index is 12.3. The van der Waals surface area contributed by atoms with E-state index in [1.807, 2.05) is 6.92 Å². The van der Waals surface area contributed by atoms with Crippen LogP contribution in [0.3, 0.4) is 0 Å². The van der Waals surface area contributed by atoms with Gasteiger partial charge in [-0.25, -0.2) is 4.79 Å². The fraction of sp³-hybridized carbons (Fsp3) is 0.846. The Morgan fingerprint density at radius 2 is 2.05 bits per heavy atom. The summed E-state index contributed by atoms with van der Waals surface area (Å²) >= 11 is 0. The van der Waals surface area contributed by atoms with Gasteiger partial charge in [0.1, 0.15) is 5.54 Å². The predicted molar refractivity (Wildman–Crippen MR) is 68.8 cm³/mol. The van der Waals surface area contributed by atoms with E-state index < -0.39 is 11.5 Å². The maximum absolute atomic E-state index is 12.3. The van der Waals surface area contributed by atoms with Crippen LogP contribution in [0.4, 0.5) is 0 Å². The first-order valence-corrected chi connectivity index (χ1v) is 6.92. The standard InChI is InChI=1S/C13H22N2O4/c1-9-3-2-6-14-10(9)11(16)15-13(12(17)18)4-7-19-8-5-13/h9-10,14H,2-8H2,1H3,(H,15,16)(H,17,18). The number of hydrogen-bond acceptors (Lipinski definition) is 4. The molecule has 2 unspecified atom stereocenters. The molecule has 2 fully saturated rings. The van der Waals surface area contributed by atoms with Crippen molar-refractivity contribution in [1.82, 2.24) is 10.6 Å². The second kappa shape index (κ2) is 5.88. The number of carbonyl (C=O) groups is 2. The molecule has 0 aromatic rings. The van der Waals surface area contributed by atoms with Crippen LogP contribution >= 0.6 is 0 Å². The van der Waals surface area contributed by atoms with E-state index in [4.69, 9.17) is 4.74 Å². The third kappa shape index (κ3) is 3.06. The zero-order valence-corrected chi connectivity index (χ0v) is 11.3. The normalized spacial score (nSPS) is 30.6. The second-order valence-electron chi connectivity index (χ2n) is 5.54. The average molecular weight is 270 g/mol. The van der Waals surface area contributed by atoms with Gasteiger partial charge in [-0.1, -0.05) is 6.92 Å². The van der Waals surface area contributed by atoms with E-state index in [0.29, 0.717) is 26.1 Å². The number of carboxylic acids is 1. The molecule has 0 saturated carbocycles. The molecule has 19 heavy (non-hydrogen) atoms. The van der Waals surface area contributed by atoms with Gasteiger partial charge in [0.2, 0.25) is 5.91 Å². The highest BCUT2D eigenvalue weighted by molar-refractivity contribution is 5.90. The van der Waals surface area contributed by atoms with Gasteiger partial charge in [-0.15, -0.1) is 0 Å². The lowest BCUT2D eigenvalue weighted by molar-refractivity contribution is -0.152. The summed E-state index contributed by atoms with van der Waals surface area (Å²) in [6.45, 7) is 3.58. The van der Waals surface area contributed by atoms with Crippen molar-refractivity contribution in [2.75, 3.05) is 19.8 Å². The molecule has 0 radical (unpaired) electrons. The summed E-state index contributed by atoms with van der Waals surface area (Å²) in [5, 5.41) is 15.3. The summed E-state index contributed by atoms with van der Waals surface area (Å²) in [7, 11) is 0. The van der Waals surface area contributed by atoms with Crippen LogP contribution in [-0.4, -0.2) is 48.3 Å². The summed E-state index contributed by atoms with van der Waals surface area (Å²) < 4.78 is 5.19. The first-order chi connectivity index (χ1) is 9.05. The summed E-state index contributed by atoms with van der Waals surface area (Å²) in [5.41, 5.74) is -1.16. The number of hydrogen-bond donors (Lipinski definition) is 3. The summed E-state index contributed by atoms with van der Waals surface area (Å²) in [4.78, 5) is 23.8. The molecule has 2 aliphatic heterocycles. The zero-order chi connectivity index (χ0) is 13.9. The largest absolute Gasteiger partial charge is 0.480 e. The molecule has 0 aliphatic carbocycles. The molecule has 2 heterocycles. The number of carbonyl (C=O) groups excluding carboxylic acids is 1. The monoisotopic (exact) mass is 270 g/mol. The molecule has 3 N–H and O–H groups in total. The maximum Gasteiger partial charge on any atom is 0.329 e. The van der Waals surface area contributed by atoms with Gasteiger partial charge in [-0.05, 0) is 25.3 Å². The first kappa shape index (κ1) is 14.3. The van der Waals surface area contributed by atoms with Crippen molar-refractivity contribution in [2.45, 2.75) is 44.2 Å². The number of nitrogens with one attached hydrogen (secondary N) is 2. The minimum atomic E-state index is -1.16. The van der Waals surface area contributed by atoms with Crippen LogP contribution in [-0.2, 0) is 14.3 Å². The number of ether oxygens (including phenoxy) is 1. The van der Waals surface area contributed by atoms with Crippen molar-refractivity contribution < 1.29 is 19.4 Å². The Morgan fingerprint density at radius 3 is 2.63 bits per heavy atom. The zero-order valence-electron chi connectivity index (χ0n) is 11.3. The van der Waals surface area contributed by atoms with Gasteiger partial charge in [-0.2, -0.15) is 0 Å². The summed E-state index contributed by atoms with van der Waals surface area (Å²) in [6, 6.07) is -0.284. The van der Waals surface area contributed by atoms with Crippen molar-refractivity contribution in [3.05, 3.63) is 0 Å². The van der Waals surface area contributed by atoms with E-state index in [-0.39, 0.29) is 17.9 Å². The van der Waals surface area contributed by atoms with Crippen LogP contribution < -0.4 is 10.6 Å². The molecule has 6 heteroatoms. The molecular formula is C13H22N2O4. The third-order valence-electron chi connectivity index (χ3n) is 4.17. The highest BCUT2D eigenvalue weighted by Gasteiger charge is 2.43. The first-order valence-electron chi connectivity index (χ1n) is 6.92. The highest BCUT2D eigenvalue weighted by Crippen LogP contribution is 2.23. The molecule has 2 atom stereocenters. The van der Waals surface area contributed by atoms with E-state index >= 15 is 0 Å². The Hall–Kier alpha value is -1.14. The SMILES string of the molecule is CC1CCCNC1C(=O)NC1(C(=O)O)CCOCC1. The van der Waals surface area contributed by atoms with E-state index in [0.717, 1.165) is 19.4 Å².